The molecule has 0 spiro atoms. The average molecular weight is 378 g/mol. The van der Waals surface area contributed by atoms with Crippen LogP contribution in [0.3, 0.4) is 0 Å². The number of carbonyl (C=O) groups excluding carboxylic acids is 1. The normalized spacial score (nSPS) is 20.1. The van der Waals surface area contributed by atoms with Crippen molar-refractivity contribution >= 4 is 6.03 Å². The van der Waals surface area contributed by atoms with E-state index < -0.39 is 0 Å². The number of piperidine rings is 1. The van der Waals surface area contributed by atoms with E-state index >= 15 is 0 Å². The first-order chi connectivity index (χ1) is 13.0. The zero-order valence-corrected chi connectivity index (χ0v) is 17.2. The van der Waals surface area contributed by atoms with Crippen LogP contribution in [0.25, 0.3) is 0 Å². The lowest BCUT2D eigenvalue weighted by atomic mass is 9.92. The second-order valence-corrected chi connectivity index (χ2v) is 8.70. The van der Waals surface area contributed by atoms with Gasteiger partial charge in [0.15, 0.2) is 5.82 Å². The Morgan fingerprint density at radius 2 is 1.93 bits per heavy atom. The van der Waals surface area contributed by atoms with E-state index in [1.807, 2.05) is 0 Å². The van der Waals surface area contributed by atoms with Crippen LogP contribution in [0.5, 0.6) is 0 Å². The smallest absolute Gasteiger partial charge is 0.317 e. The number of amides is 2. The van der Waals surface area contributed by atoms with Crippen molar-refractivity contribution in [3.63, 3.8) is 0 Å². The second-order valence-electron chi connectivity index (χ2n) is 8.70. The lowest BCUT2D eigenvalue weighted by Gasteiger charge is -2.44. The third-order valence-electron chi connectivity index (χ3n) is 5.95. The summed E-state index contributed by atoms with van der Waals surface area (Å²) in [5.74, 6) is 1.68. The van der Waals surface area contributed by atoms with Crippen LogP contribution in [0.15, 0.2) is 4.52 Å². The summed E-state index contributed by atoms with van der Waals surface area (Å²) in [4.78, 5) is 21.3. The standard InChI is InChI=1S/C20H35N5O2/c1-16(2)13-18-22-17(23-27-18)14-24(3)19(26)21-15-20(9-5-6-10-20)25-11-7-4-8-12-25/h16H,4-15H2,1-3H3,(H,21,26). The zero-order valence-electron chi connectivity index (χ0n) is 17.2. The van der Waals surface area contributed by atoms with E-state index in [1.165, 1.54) is 58.0 Å². The molecular weight excluding hydrogens is 342 g/mol. The van der Waals surface area contributed by atoms with Crippen LogP contribution in [0.4, 0.5) is 4.79 Å². The van der Waals surface area contributed by atoms with Crippen molar-refractivity contribution in [3.05, 3.63) is 11.7 Å². The van der Waals surface area contributed by atoms with Gasteiger partial charge >= 0.3 is 6.03 Å². The van der Waals surface area contributed by atoms with Gasteiger partial charge in [0.25, 0.3) is 0 Å². The van der Waals surface area contributed by atoms with Crippen LogP contribution < -0.4 is 5.32 Å². The van der Waals surface area contributed by atoms with Gasteiger partial charge in [0.2, 0.25) is 5.89 Å². The zero-order chi connectivity index (χ0) is 19.3. The Balaban J connectivity index is 1.52. The summed E-state index contributed by atoms with van der Waals surface area (Å²) >= 11 is 0. The maximum absolute atomic E-state index is 12.6. The van der Waals surface area contributed by atoms with Gasteiger partial charge in [-0.05, 0) is 44.7 Å². The summed E-state index contributed by atoms with van der Waals surface area (Å²) in [6, 6.07) is -0.0616. The molecule has 0 bridgehead atoms. The van der Waals surface area contributed by atoms with Crippen molar-refractivity contribution in [3.8, 4) is 0 Å². The minimum absolute atomic E-state index is 0.0616. The Bertz CT molecular complexity index is 603. The number of carbonyl (C=O) groups is 1. The van der Waals surface area contributed by atoms with Gasteiger partial charge < -0.3 is 14.7 Å². The molecule has 2 amide bonds. The Morgan fingerprint density at radius 3 is 2.59 bits per heavy atom. The lowest BCUT2D eigenvalue weighted by Crippen LogP contribution is -2.56. The summed E-state index contributed by atoms with van der Waals surface area (Å²) in [6.07, 6.45) is 9.60. The molecule has 1 aromatic heterocycles. The van der Waals surface area contributed by atoms with E-state index in [0.717, 1.165) is 13.0 Å². The maximum Gasteiger partial charge on any atom is 0.317 e. The van der Waals surface area contributed by atoms with E-state index in [9.17, 15) is 4.79 Å². The van der Waals surface area contributed by atoms with Crippen LogP contribution >= 0.6 is 0 Å². The largest absolute Gasteiger partial charge is 0.339 e. The van der Waals surface area contributed by atoms with E-state index in [-0.39, 0.29) is 11.6 Å². The molecule has 0 atom stereocenters. The van der Waals surface area contributed by atoms with Gasteiger partial charge in [-0.25, -0.2) is 4.79 Å². The molecule has 7 heteroatoms. The van der Waals surface area contributed by atoms with Gasteiger partial charge in [-0.15, -0.1) is 0 Å². The topological polar surface area (TPSA) is 74.5 Å². The van der Waals surface area contributed by atoms with E-state index in [4.69, 9.17) is 4.52 Å². The van der Waals surface area contributed by atoms with E-state index in [1.54, 1.807) is 11.9 Å². The number of nitrogens with zero attached hydrogens (tertiary/aromatic N) is 4. The highest BCUT2D eigenvalue weighted by Gasteiger charge is 2.40. The molecule has 1 saturated carbocycles. The number of likely N-dealkylation sites (tertiary alicyclic amines) is 1. The maximum atomic E-state index is 12.6. The molecule has 1 aliphatic carbocycles. The van der Waals surface area contributed by atoms with Crippen molar-refractivity contribution in [1.82, 2.24) is 25.3 Å². The van der Waals surface area contributed by atoms with Crippen LogP contribution in [0.1, 0.15) is 70.5 Å². The number of urea groups is 1. The number of hydrogen-bond acceptors (Lipinski definition) is 5. The van der Waals surface area contributed by atoms with Crippen molar-refractivity contribution in [2.75, 3.05) is 26.7 Å². The van der Waals surface area contributed by atoms with Gasteiger partial charge in [-0.2, -0.15) is 4.98 Å². The lowest BCUT2D eigenvalue weighted by molar-refractivity contribution is 0.0703. The first-order valence-corrected chi connectivity index (χ1v) is 10.5. The van der Waals surface area contributed by atoms with Gasteiger partial charge in [0, 0.05) is 25.6 Å². The molecule has 1 aliphatic heterocycles. The van der Waals surface area contributed by atoms with Gasteiger partial charge in [-0.3, -0.25) is 4.90 Å². The van der Waals surface area contributed by atoms with Gasteiger partial charge in [0.1, 0.15) is 0 Å². The molecule has 0 unspecified atom stereocenters. The highest BCUT2D eigenvalue weighted by atomic mass is 16.5. The molecule has 0 aromatic carbocycles. The highest BCUT2D eigenvalue weighted by Crippen LogP contribution is 2.36. The van der Waals surface area contributed by atoms with Crippen molar-refractivity contribution in [2.45, 2.75) is 77.3 Å². The summed E-state index contributed by atoms with van der Waals surface area (Å²) < 4.78 is 5.27. The molecular formula is C20H35N5O2. The molecule has 3 rings (SSSR count). The molecule has 0 radical (unpaired) electrons. The summed E-state index contributed by atoms with van der Waals surface area (Å²) in [6.45, 7) is 7.68. The van der Waals surface area contributed by atoms with Crippen molar-refractivity contribution < 1.29 is 9.32 Å². The Labute approximate surface area is 162 Å². The first-order valence-electron chi connectivity index (χ1n) is 10.5. The highest BCUT2D eigenvalue weighted by molar-refractivity contribution is 5.73. The second kappa shape index (κ2) is 9.04. The molecule has 2 fully saturated rings. The number of nitrogens with one attached hydrogen (secondary N) is 1. The molecule has 7 nitrogen and oxygen atoms in total. The molecule has 152 valence electrons. The fraction of sp³-hybridized carbons (Fsp3) is 0.850. The molecule has 27 heavy (non-hydrogen) atoms. The SMILES string of the molecule is CC(C)Cc1nc(CN(C)C(=O)NCC2(N3CCCCC3)CCCC2)no1. The van der Waals surface area contributed by atoms with Crippen LogP contribution in [0, 0.1) is 5.92 Å². The molecule has 2 aliphatic rings. The van der Waals surface area contributed by atoms with E-state index in [0.29, 0.717) is 24.2 Å². The summed E-state index contributed by atoms with van der Waals surface area (Å²) in [5, 5.41) is 7.18. The van der Waals surface area contributed by atoms with Gasteiger partial charge in [0.05, 0.1) is 6.54 Å². The fourth-order valence-corrected chi connectivity index (χ4v) is 4.45. The summed E-state index contributed by atoms with van der Waals surface area (Å²) in [5.41, 5.74) is 0.160. The van der Waals surface area contributed by atoms with Gasteiger partial charge in [-0.1, -0.05) is 38.3 Å². The quantitative estimate of drug-likeness (QED) is 0.790. The molecule has 1 saturated heterocycles. The summed E-state index contributed by atoms with van der Waals surface area (Å²) in [7, 11) is 1.79. The Kier molecular flexibility index (Phi) is 6.73. The number of hydrogen-bond donors (Lipinski definition) is 1. The monoisotopic (exact) mass is 377 g/mol. The third kappa shape index (κ3) is 5.21. The third-order valence-corrected chi connectivity index (χ3v) is 5.95. The number of aromatic nitrogens is 2. The van der Waals surface area contributed by atoms with Crippen LogP contribution in [-0.2, 0) is 13.0 Å². The molecule has 2 heterocycles. The predicted octanol–water partition coefficient (Wildman–Crippen LogP) is 3.21. The molecule has 1 aromatic rings. The Morgan fingerprint density at radius 1 is 1.22 bits per heavy atom. The average Bonchev–Trinajstić information content (AvgIpc) is 3.30. The minimum Gasteiger partial charge on any atom is -0.339 e. The molecule has 1 N–H and O–H groups in total. The fourth-order valence-electron chi connectivity index (χ4n) is 4.45. The van der Waals surface area contributed by atoms with Crippen LogP contribution in [-0.4, -0.2) is 58.2 Å². The Hall–Kier alpha value is -1.63. The van der Waals surface area contributed by atoms with Crippen molar-refractivity contribution in [1.29, 1.82) is 0 Å². The first kappa shape index (κ1) is 20.1. The van der Waals surface area contributed by atoms with Crippen molar-refractivity contribution in [2.24, 2.45) is 5.92 Å². The predicted molar refractivity (Wildman–Crippen MR) is 104 cm³/mol. The van der Waals surface area contributed by atoms with E-state index in [2.05, 4.69) is 34.2 Å². The number of rotatable bonds is 7. The van der Waals surface area contributed by atoms with Crippen LogP contribution in [0.2, 0.25) is 0 Å². The minimum atomic E-state index is -0.0616.